The number of carbonyl (C=O) groups excluding carboxylic acids is 1. The van der Waals surface area contributed by atoms with E-state index in [0.717, 1.165) is 27.1 Å². The highest BCUT2D eigenvalue weighted by molar-refractivity contribution is 9.10. The first-order valence-electron chi connectivity index (χ1n) is 8.10. The number of methoxy groups -OCH3 is 1. The van der Waals surface area contributed by atoms with E-state index in [1.54, 1.807) is 11.5 Å². The number of pyridine rings is 1. The highest BCUT2D eigenvalue weighted by Crippen LogP contribution is 2.27. The summed E-state index contributed by atoms with van der Waals surface area (Å²) in [5.74, 6) is 0.547. The Bertz CT molecular complexity index is 1130. The van der Waals surface area contributed by atoms with Gasteiger partial charge in [-0.05, 0) is 59.3 Å². The predicted molar refractivity (Wildman–Crippen MR) is 110 cm³/mol. The van der Waals surface area contributed by atoms with Crippen molar-refractivity contribution in [2.75, 3.05) is 12.4 Å². The quantitative estimate of drug-likeness (QED) is 0.493. The molecule has 8 heteroatoms. The summed E-state index contributed by atoms with van der Waals surface area (Å²) in [5.41, 5.74) is 3.64. The van der Waals surface area contributed by atoms with Crippen LogP contribution in [0.5, 0.6) is 5.75 Å². The minimum absolute atomic E-state index is 0.242. The normalized spacial score (nSPS) is 10.9. The Morgan fingerprint density at radius 2 is 1.96 bits per heavy atom. The van der Waals surface area contributed by atoms with E-state index in [9.17, 15) is 4.79 Å². The molecule has 3 heterocycles. The maximum Gasteiger partial charge on any atom is 0.276 e. The van der Waals surface area contributed by atoms with Gasteiger partial charge in [-0.25, -0.2) is 9.97 Å². The van der Waals surface area contributed by atoms with Crippen LogP contribution in [0.2, 0.25) is 0 Å². The molecule has 0 spiro atoms. The Balaban J connectivity index is 1.60. The number of fused-ring (bicyclic) bond motifs is 1. The van der Waals surface area contributed by atoms with Gasteiger partial charge in [-0.3, -0.25) is 14.5 Å². The molecule has 0 radical (unpaired) electrons. The van der Waals surface area contributed by atoms with Crippen LogP contribution in [-0.2, 0) is 0 Å². The molecule has 0 aliphatic carbocycles. The maximum absolute atomic E-state index is 12.8. The lowest BCUT2D eigenvalue weighted by molar-refractivity contribution is 0.102. The molecule has 0 aliphatic rings. The fourth-order valence-electron chi connectivity index (χ4n) is 2.79. The third kappa shape index (κ3) is 3.45. The first kappa shape index (κ1) is 17.7. The van der Waals surface area contributed by atoms with Crippen LogP contribution in [0.3, 0.4) is 0 Å². The summed E-state index contributed by atoms with van der Waals surface area (Å²) >= 11 is 4.81. The number of thiazole rings is 1. The van der Waals surface area contributed by atoms with Crippen molar-refractivity contribution in [3.8, 4) is 17.0 Å². The van der Waals surface area contributed by atoms with E-state index >= 15 is 0 Å². The number of hydrogen-bond acceptors (Lipinski definition) is 5. The van der Waals surface area contributed by atoms with Gasteiger partial charge < -0.3 is 4.74 Å². The zero-order valence-corrected chi connectivity index (χ0v) is 17.0. The highest BCUT2D eigenvalue weighted by Gasteiger charge is 2.18. The van der Waals surface area contributed by atoms with Gasteiger partial charge in [-0.2, -0.15) is 0 Å². The zero-order valence-electron chi connectivity index (χ0n) is 14.6. The van der Waals surface area contributed by atoms with E-state index in [1.165, 1.54) is 11.3 Å². The van der Waals surface area contributed by atoms with Gasteiger partial charge >= 0.3 is 0 Å². The summed E-state index contributed by atoms with van der Waals surface area (Å²) < 4.78 is 7.82. The van der Waals surface area contributed by atoms with Crippen LogP contribution in [0.25, 0.3) is 16.9 Å². The molecule has 0 unspecified atom stereocenters. The van der Waals surface area contributed by atoms with Crippen molar-refractivity contribution in [3.05, 3.63) is 63.8 Å². The number of hydrogen-bond donors (Lipinski definition) is 1. The van der Waals surface area contributed by atoms with Gasteiger partial charge in [0.2, 0.25) is 0 Å². The van der Waals surface area contributed by atoms with E-state index in [-0.39, 0.29) is 5.91 Å². The number of ether oxygens (including phenoxy) is 1. The second kappa shape index (κ2) is 7.13. The molecule has 1 N–H and O–H groups in total. The van der Waals surface area contributed by atoms with Gasteiger partial charge in [-0.15, -0.1) is 11.3 Å². The average Bonchev–Trinajstić information content (AvgIpc) is 3.25. The number of rotatable bonds is 4. The Labute approximate surface area is 168 Å². The molecule has 0 atom stereocenters. The van der Waals surface area contributed by atoms with Crippen molar-refractivity contribution < 1.29 is 9.53 Å². The number of amides is 1. The van der Waals surface area contributed by atoms with Gasteiger partial charge in [0, 0.05) is 21.6 Å². The highest BCUT2D eigenvalue weighted by atomic mass is 79.9. The third-order valence-corrected chi connectivity index (χ3v) is 5.31. The van der Waals surface area contributed by atoms with E-state index < -0.39 is 0 Å². The molecule has 1 amide bonds. The summed E-state index contributed by atoms with van der Waals surface area (Å²) in [4.78, 5) is 21.8. The van der Waals surface area contributed by atoms with E-state index in [2.05, 4.69) is 31.2 Å². The number of aryl methyl sites for hydroxylation is 1. The first-order chi connectivity index (χ1) is 13.0. The van der Waals surface area contributed by atoms with Crippen LogP contribution in [0.4, 0.5) is 5.13 Å². The Morgan fingerprint density at radius 1 is 1.19 bits per heavy atom. The Hall–Kier alpha value is -2.71. The van der Waals surface area contributed by atoms with Crippen molar-refractivity contribution in [2.24, 2.45) is 0 Å². The Kier molecular flexibility index (Phi) is 4.67. The number of halogens is 1. The number of imidazole rings is 1. The Morgan fingerprint density at radius 3 is 2.70 bits per heavy atom. The fraction of sp³-hybridized carbons (Fsp3) is 0.105. The second-order valence-electron chi connectivity index (χ2n) is 5.84. The maximum atomic E-state index is 12.8. The molecule has 0 saturated carbocycles. The lowest BCUT2D eigenvalue weighted by Gasteiger charge is -2.04. The molecule has 3 aromatic heterocycles. The van der Waals surface area contributed by atoms with Gasteiger partial charge in [0.25, 0.3) is 5.91 Å². The van der Waals surface area contributed by atoms with Crippen molar-refractivity contribution in [1.29, 1.82) is 0 Å². The first-order valence-corrected chi connectivity index (χ1v) is 9.78. The summed E-state index contributed by atoms with van der Waals surface area (Å²) in [5, 5.41) is 5.33. The van der Waals surface area contributed by atoms with Gasteiger partial charge in [0.15, 0.2) is 5.13 Å². The molecule has 4 rings (SSSR count). The molecular formula is C19H15BrN4O2S. The fourth-order valence-corrected chi connectivity index (χ4v) is 3.84. The van der Waals surface area contributed by atoms with Crippen LogP contribution < -0.4 is 10.1 Å². The molecule has 4 aromatic rings. The predicted octanol–water partition coefficient (Wildman–Crippen LogP) is 4.79. The summed E-state index contributed by atoms with van der Waals surface area (Å²) in [6.07, 6.45) is 1.83. The van der Waals surface area contributed by atoms with Crippen LogP contribution >= 0.6 is 27.3 Å². The molecule has 0 aliphatic heterocycles. The minimum atomic E-state index is -0.242. The van der Waals surface area contributed by atoms with Gasteiger partial charge in [0.05, 0.1) is 18.5 Å². The van der Waals surface area contributed by atoms with Crippen molar-refractivity contribution in [1.82, 2.24) is 14.4 Å². The summed E-state index contributed by atoms with van der Waals surface area (Å²) in [6.45, 7) is 1.82. The zero-order chi connectivity index (χ0) is 19.0. The molecule has 136 valence electrons. The molecule has 1 aromatic carbocycles. The lowest BCUT2D eigenvalue weighted by atomic mass is 10.2. The summed E-state index contributed by atoms with van der Waals surface area (Å²) in [6, 6.07) is 11.4. The number of carbonyl (C=O) groups is 1. The minimum Gasteiger partial charge on any atom is -0.497 e. The molecule has 6 nitrogen and oxygen atoms in total. The molecular weight excluding hydrogens is 428 g/mol. The topological polar surface area (TPSA) is 68.5 Å². The molecule has 27 heavy (non-hydrogen) atoms. The third-order valence-electron chi connectivity index (χ3n) is 4.08. The molecule has 0 fully saturated rings. The van der Waals surface area contributed by atoms with Crippen LogP contribution in [0, 0.1) is 6.92 Å². The van der Waals surface area contributed by atoms with Gasteiger partial charge in [0.1, 0.15) is 17.1 Å². The van der Waals surface area contributed by atoms with E-state index in [4.69, 9.17) is 4.74 Å². The monoisotopic (exact) mass is 442 g/mol. The number of nitrogens with one attached hydrogen (secondary N) is 1. The second-order valence-corrected chi connectivity index (χ2v) is 7.62. The number of benzene rings is 1. The largest absolute Gasteiger partial charge is 0.497 e. The molecule has 0 bridgehead atoms. The van der Waals surface area contributed by atoms with Gasteiger partial charge in [-0.1, -0.05) is 0 Å². The number of anilines is 1. The smallest absolute Gasteiger partial charge is 0.276 e. The number of nitrogens with zero attached hydrogens (tertiary/aromatic N) is 3. The van der Waals surface area contributed by atoms with Crippen LogP contribution in [-0.4, -0.2) is 27.4 Å². The van der Waals surface area contributed by atoms with Crippen LogP contribution in [0.15, 0.2) is 52.4 Å². The van der Waals surface area contributed by atoms with Crippen molar-refractivity contribution in [2.45, 2.75) is 6.92 Å². The van der Waals surface area contributed by atoms with E-state index in [1.807, 2.05) is 54.9 Å². The SMILES string of the molecule is COc1ccc(-c2csc(NC(=O)c3c(C)nc4ccc(Br)cn34)n2)cc1. The average molecular weight is 443 g/mol. The lowest BCUT2D eigenvalue weighted by Crippen LogP contribution is -2.15. The van der Waals surface area contributed by atoms with Crippen molar-refractivity contribution in [3.63, 3.8) is 0 Å². The summed E-state index contributed by atoms with van der Waals surface area (Å²) in [7, 11) is 1.63. The standard InChI is InChI=1S/C19H15BrN4O2S/c1-11-17(24-9-13(20)5-8-16(24)21-11)18(25)23-19-22-15(10-27-19)12-3-6-14(26-2)7-4-12/h3-10H,1-2H3,(H,22,23,25). The number of aromatic nitrogens is 3. The van der Waals surface area contributed by atoms with Crippen LogP contribution in [0.1, 0.15) is 16.2 Å². The van der Waals surface area contributed by atoms with E-state index in [0.29, 0.717) is 16.5 Å². The molecule has 0 saturated heterocycles. The van der Waals surface area contributed by atoms with Crippen molar-refractivity contribution >= 4 is 44.0 Å².